The van der Waals surface area contributed by atoms with Crippen LogP contribution in [0.15, 0.2) is 18.2 Å². The van der Waals surface area contributed by atoms with E-state index in [0.29, 0.717) is 17.7 Å². The molecule has 3 nitrogen and oxygen atoms in total. The largest absolute Gasteiger partial charge is 0.496 e. The number of methoxy groups -OCH3 is 1. The van der Waals surface area contributed by atoms with E-state index in [9.17, 15) is 9.18 Å². The van der Waals surface area contributed by atoms with Crippen molar-refractivity contribution in [1.82, 2.24) is 0 Å². The van der Waals surface area contributed by atoms with Gasteiger partial charge >= 0.3 is 5.97 Å². The molecule has 0 aromatic heterocycles. The Bertz CT molecular complexity index is 390. The van der Waals surface area contributed by atoms with Gasteiger partial charge in [-0.15, -0.1) is 0 Å². The van der Waals surface area contributed by atoms with Gasteiger partial charge in [-0.1, -0.05) is 13.3 Å². The van der Waals surface area contributed by atoms with Crippen molar-refractivity contribution < 1.29 is 19.0 Å². The maximum absolute atomic E-state index is 13.2. The lowest BCUT2D eigenvalue weighted by atomic mass is 9.90. The molecule has 0 radical (unpaired) electrons. The Hall–Kier alpha value is -1.58. The molecule has 0 heterocycles. The van der Waals surface area contributed by atoms with E-state index in [1.165, 1.54) is 25.3 Å². The molecule has 1 aromatic carbocycles. The van der Waals surface area contributed by atoms with Crippen LogP contribution in [0.4, 0.5) is 4.39 Å². The molecule has 0 saturated heterocycles. The molecule has 0 amide bonds. The molecule has 1 unspecified atom stereocenters. The minimum Gasteiger partial charge on any atom is -0.496 e. The molecule has 0 aliphatic rings. The molecule has 1 N–H and O–H groups in total. The van der Waals surface area contributed by atoms with E-state index in [2.05, 4.69) is 0 Å². The van der Waals surface area contributed by atoms with Crippen molar-refractivity contribution in [3.05, 3.63) is 29.6 Å². The predicted octanol–water partition coefficient (Wildman–Crippen LogP) is 3.19. The third-order valence-corrected chi connectivity index (χ3v) is 2.69. The average Bonchev–Trinajstić information content (AvgIpc) is 2.28. The minimum atomic E-state index is -0.880. The first kappa shape index (κ1) is 13.5. The van der Waals surface area contributed by atoms with Crippen LogP contribution < -0.4 is 4.74 Å². The van der Waals surface area contributed by atoms with Crippen molar-refractivity contribution in [2.24, 2.45) is 0 Å². The topological polar surface area (TPSA) is 46.5 Å². The summed E-state index contributed by atoms with van der Waals surface area (Å²) in [6.45, 7) is 1.97. The number of ether oxygens (including phenoxy) is 1. The second-order valence-corrected chi connectivity index (χ2v) is 3.97. The second-order valence-electron chi connectivity index (χ2n) is 3.97. The van der Waals surface area contributed by atoms with Gasteiger partial charge in [0.05, 0.1) is 13.5 Å². The Kier molecular flexibility index (Phi) is 4.94. The normalized spacial score (nSPS) is 12.2. The van der Waals surface area contributed by atoms with E-state index >= 15 is 0 Å². The Morgan fingerprint density at radius 3 is 2.76 bits per heavy atom. The first-order chi connectivity index (χ1) is 8.08. The lowest BCUT2D eigenvalue weighted by molar-refractivity contribution is -0.137. The maximum Gasteiger partial charge on any atom is 0.303 e. The highest BCUT2D eigenvalue weighted by molar-refractivity contribution is 5.68. The van der Waals surface area contributed by atoms with E-state index < -0.39 is 5.97 Å². The molecule has 0 aliphatic heterocycles. The van der Waals surface area contributed by atoms with Gasteiger partial charge in [0.2, 0.25) is 0 Å². The number of carboxylic acid groups (broad SMARTS) is 1. The number of rotatable bonds is 6. The van der Waals surface area contributed by atoms with Gasteiger partial charge in [-0.05, 0) is 30.5 Å². The summed E-state index contributed by atoms with van der Waals surface area (Å²) in [7, 11) is 1.50. The molecule has 1 rings (SSSR count). The predicted molar refractivity (Wildman–Crippen MR) is 62.9 cm³/mol. The molecule has 4 heteroatoms. The van der Waals surface area contributed by atoms with E-state index in [0.717, 1.165) is 6.42 Å². The number of aliphatic carboxylic acids is 1. The molecule has 1 atom stereocenters. The van der Waals surface area contributed by atoms with Crippen LogP contribution in [0.1, 0.15) is 37.7 Å². The Labute approximate surface area is 100 Å². The molecule has 94 valence electrons. The van der Waals surface area contributed by atoms with Crippen molar-refractivity contribution in [2.75, 3.05) is 7.11 Å². The van der Waals surface area contributed by atoms with Crippen LogP contribution in [0.25, 0.3) is 0 Å². The Morgan fingerprint density at radius 2 is 2.24 bits per heavy atom. The van der Waals surface area contributed by atoms with E-state index in [1.54, 1.807) is 0 Å². The third-order valence-electron chi connectivity index (χ3n) is 2.69. The fraction of sp³-hybridized carbons (Fsp3) is 0.462. The number of hydrogen-bond donors (Lipinski definition) is 1. The molecule has 0 fully saturated rings. The second kappa shape index (κ2) is 6.23. The third kappa shape index (κ3) is 3.73. The van der Waals surface area contributed by atoms with Gasteiger partial charge in [0.25, 0.3) is 0 Å². The monoisotopic (exact) mass is 240 g/mol. The van der Waals surface area contributed by atoms with Gasteiger partial charge < -0.3 is 9.84 Å². The summed E-state index contributed by atoms with van der Waals surface area (Å²) in [4.78, 5) is 10.8. The summed E-state index contributed by atoms with van der Waals surface area (Å²) in [6, 6.07) is 4.21. The zero-order valence-electron chi connectivity index (χ0n) is 10.1. The molecule has 17 heavy (non-hydrogen) atoms. The number of hydrogen-bond acceptors (Lipinski definition) is 2. The van der Waals surface area contributed by atoms with Gasteiger partial charge in [-0.3, -0.25) is 4.79 Å². The molecular formula is C13H17FO3. The van der Waals surface area contributed by atoms with Gasteiger partial charge in [0, 0.05) is 5.56 Å². The van der Waals surface area contributed by atoms with Gasteiger partial charge in [0.15, 0.2) is 0 Å². The van der Waals surface area contributed by atoms with Crippen LogP contribution in [-0.2, 0) is 4.79 Å². The fourth-order valence-corrected chi connectivity index (χ4v) is 1.95. The van der Waals surface area contributed by atoms with E-state index in [-0.39, 0.29) is 18.2 Å². The van der Waals surface area contributed by atoms with E-state index in [4.69, 9.17) is 9.84 Å². The smallest absolute Gasteiger partial charge is 0.303 e. The molecule has 0 bridgehead atoms. The minimum absolute atomic E-state index is 0.00630. The number of benzene rings is 1. The van der Waals surface area contributed by atoms with Crippen LogP contribution in [-0.4, -0.2) is 18.2 Å². The maximum atomic E-state index is 13.2. The van der Waals surface area contributed by atoms with Crippen LogP contribution >= 0.6 is 0 Å². The summed E-state index contributed by atoms with van der Waals surface area (Å²) < 4.78 is 18.4. The summed E-state index contributed by atoms with van der Waals surface area (Å²) in [5.74, 6) is -0.906. The fourth-order valence-electron chi connectivity index (χ4n) is 1.95. The Balaban J connectivity index is 3.06. The van der Waals surface area contributed by atoms with Crippen LogP contribution in [0.2, 0.25) is 0 Å². The van der Waals surface area contributed by atoms with Crippen molar-refractivity contribution >= 4 is 5.97 Å². The molecule has 0 spiro atoms. The summed E-state index contributed by atoms with van der Waals surface area (Å²) >= 11 is 0. The van der Waals surface area contributed by atoms with Crippen molar-refractivity contribution in [2.45, 2.75) is 32.1 Å². The molecule has 0 saturated carbocycles. The number of carboxylic acids is 1. The van der Waals surface area contributed by atoms with Gasteiger partial charge in [0.1, 0.15) is 11.6 Å². The lowest BCUT2D eigenvalue weighted by Gasteiger charge is -2.17. The van der Waals surface area contributed by atoms with E-state index in [1.807, 2.05) is 6.92 Å². The summed E-state index contributed by atoms with van der Waals surface area (Å²) in [5.41, 5.74) is 0.636. The van der Waals surface area contributed by atoms with Crippen LogP contribution in [0.5, 0.6) is 5.75 Å². The zero-order chi connectivity index (χ0) is 12.8. The molecule has 0 aliphatic carbocycles. The summed E-state index contributed by atoms with van der Waals surface area (Å²) in [5, 5.41) is 8.87. The van der Waals surface area contributed by atoms with Gasteiger partial charge in [-0.25, -0.2) is 4.39 Å². The standard InChI is InChI=1S/C13H17FO3/c1-3-4-9(7-13(15)16)11-8-10(14)5-6-12(11)17-2/h5-6,8-9H,3-4,7H2,1-2H3,(H,15,16). The molecule has 1 aromatic rings. The lowest BCUT2D eigenvalue weighted by Crippen LogP contribution is -2.08. The highest BCUT2D eigenvalue weighted by atomic mass is 19.1. The quantitative estimate of drug-likeness (QED) is 0.830. The average molecular weight is 240 g/mol. The van der Waals surface area contributed by atoms with Crippen molar-refractivity contribution in [3.63, 3.8) is 0 Å². The first-order valence-corrected chi connectivity index (χ1v) is 5.63. The number of carbonyl (C=O) groups is 1. The molecular weight excluding hydrogens is 223 g/mol. The summed E-state index contributed by atoms with van der Waals surface area (Å²) in [6.07, 6.45) is 1.54. The Morgan fingerprint density at radius 1 is 1.53 bits per heavy atom. The van der Waals surface area contributed by atoms with Crippen molar-refractivity contribution in [3.8, 4) is 5.75 Å². The number of halogens is 1. The highest BCUT2D eigenvalue weighted by Gasteiger charge is 2.19. The van der Waals surface area contributed by atoms with Crippen LogP contribution in [0, 0.1) is 5.82 Å². The van der Waals surface area contributed by atoms with Crippen LogP contribution in [0.3, 0.4) is 0 Å². The highest BCUT2D eigenvalue weighted by Crippen LogP contribution is 2.32. The SMILES string of the molecule is CCCC(CC(=O)O)c1cc(F)ccc1OC. The van der Waals surface area contributed by atoms with Gasteiger partial charge in [-0.2, -0.15) is 0 Å². The first-order valence-electron chi connectivity index (χ1n) is 5.63. The zero-order valence-corrected chi connectivity index (χ0v) is 10.1. The van der Waals surface area contributed by atoms with Crippen molar-refractivity contribution in [1.29, 1.82) is 0 Å².